The number of nitrogens with zero attached hydrogens (tertiary/aromatic N) is 2. The van der Waals surface area contributed by atoms with E-state index in [1.807, 2.05) is 0 Å². The molecular formula is C9H14ClN3O4. The molecule has 17 heavy (non-hydrogen) atoms. The van der Waals surface area contributed by atoms with Gasteiger partial charge in [-0.3, -0.25) is 0 Å². The Balaban J connectivity index is 0.00000108. The van der Waals surface area contributed by atoms with Crippen LogP contribution in [0.25, 0.3) is 0 Å². The topological polar surface area (TPSA) is 101 Å². The third kappa shape index (κ3) is 1.80. The summed E-state index contributed by atoms with van der Waals surface area (Å²) < 4.78 is 11.0. The van der Waals surface area contributed by atoms with Crippen LogP contribution in [0.5, 0.6) is 0 Å². The number of halogens is 1. The Morgan fingerprint density at radius 3 is 2.94 bits per heavy atom. The molecule has 0 bridgehead atoms. The largest absolute Gasteiger partial charge is 0.394 e. The molecule has 0 aliphatic carbocycles. The second-order valence-corrected chi connectivity index (χ2v) is 3.98. The van der Waals surface area contributed by atoms with Gasteiger partial charge >= 0.3 is 0 Å². The lowest BCUT2D eigenvalue weighted by atomic mass is 10.1. The number of fused-ring (bicyclic) bond motifs is 3. The Labute approximate surface area is 104 Å². The van der Waals surface area contributed by atoms with Crippen molar-refractivity contribution in [3.63, 3.8) is 0 Å². The summed E-state index contributed by atoms with van der Waals surface area (Å²) in [6.45, 7) is -0.231. The van der Waals surface area contributed by atoms with Crippen LogP contribution in [0.2, 0.25) is 0 Å². The zero-order valence-electron chi connectivity index (χ0n) is 8.84. The molecule has 0 aromatic rings. The lowest BCUT2D eigenvalue weighted by molar-refractivity contribution is -0.0910. The first kappa shape index (κ1) is 12.6. The van der Waals surface area contributed by atoms with E-state index in [4.69, 9.17) is 20.3 Å². The van der Waals surface area contributed by atoms with E-state index in [1.165, 1.54) is 0 Å². The van der Waals surface area contributed by atoms with E-state index in [2.05, 4.69) is 4.99 Å². The van der Waals surface area contributed by atoms with Gasteiger partial charge in [0.25, 0.3) is 0 Å². The Morgan fingerprint density at radius 2 is 2.24 bits per heavy atom. The van der Waals surface area contributed by atoms with Gasteiger partial charge in [0.2, 0.25) is 6.35 Å². The molecule has 0 aromatic heterocycles. The molecule has 3 aliphatic heterocycles. The van der Waals surface area contributed by atoms with Crippen LogP contribution in [0.1, 0.15) is 0 Å². The predicted octanol–water partition coefficient (Wildman–Crippen LogP) is -1.64. The van der Waals surface area contributed by atoms with E-state index in [0.717, 1.165) is 0 Å². The standard InChI is InChI=1S/C9H13N3O4.ClH/c10-5-1-2-12-8-7(16-9(12)11-5)6(14)4(3-13)15-8;/h1-2,4,6-9,13-14H,3H2,(H2,10,11);1H/t4-,6+,7?,8-,9?;/m1./s1. The van der Waals surface area contributed by atoms with Crippen LogP contribution < -0.4 is 5.73 Å². The van der Waals surface area contributed by atoms with Gasteiger partial charge in [-0.25, -0.2) is 4.99 Å². The molecule has 4 N–H and O–H groups in total. The van der Waals surface area contributed by atoms with Crippen molar-refractivity contribution in [2.45, 2.75) is 30.9 Å². The minimum Gasteiger partial charge on any atom is -0.394 e. The molecule has 2 saturated heterocycles. The van der Waals surface area contributed by atoms with Crippen molar-refractivity contribution in [3.8, 4) is 0 Å². The Bertz CT molecular complexity index is 364. The molecule has 8 heteroatoms. The average Bonchev–Trinajstić information content (AvgIpc) is 2.75. The molecule has 2 fully saturated rings. The summed E-state index contributed by atoms with van der Waals surface area (Å²) in [5, 5.41) is 18.8. The monoisotopic (exact) mass is 263 g/mol. The van der Waals surface area contributed by atoms with Crippen LogP contribution in [-0.4, -0.2) is 58.4 Å². The third-order valence-corrected chi connectivity index (χ3v) is 3.00. The van der Waals surface area contributed by atoms with Crippen LogP contribution in [0, 0.1) is 0 Å². The molecule has 0 saturated carbocycles. The Kier molecular flexibility index (Phi) is 3.28. The summed E-state index contributed by atoms with van der Waals surface area (Å²) in [5.74, 6) is 0.384. The highest BCUT2D eigenvalue weighted by Crippen LogP contribution is 2.36. The quantitative estimate of drug-likeness (QED) is 0.524. The molecule has 96 valence electrons. The summed E-state index contributed by atoms with van der Waals surface area (Å²) in [7, 11) is 0. The number of aliphatic imine (C=N–C) groups is 1. The van der Waals surface area contributed by atoms with Crippen molar-refractivity contribution in [1.82, 2.24) is 4.90 Å². The first-order valence-electron chi connectivity index (χ1n) is 5.09. The molecule has 3 heterocycles. The molecule has 0 spiro atoms. The highest BCUT2D eigenvalue weighted by molar-refractivity contribution is 5.91. The van der Waals surface area contributed by atoms with Crippen LogP contribution >= 0.6 is 12.4 Å². The van der Waals surface area contributed by atoms with Crippen molar-refractivity contribution in [3.05, 3.63) is 12.3 Å². The molecule has 7 nitrogen and oxygen atoms in total. The van der Waals surface area contributed by atoms with Crippen LogP contribution in [-0.2, 0) is 9.47 Å². The first-order valence-corrected chi connectivity index (χ1v) is 5.09. The minimum atomic E-state index is -0.842. The van der Waals surface area contributed by atoms with E-state index >= 15 is 0 Å². The molecule has 0 amide bonds. The number of hydrogen-bond donors (Lipinski definition) is 3. The molecule has 0 radical (unpaired) electrons. The van der Waals surface area contributed by atoms with Gasteiger partial charge in [-0.15, -0.1) is 12.4 Å². The number of hydrogen-bond acceptors (Lipinski definition) is 7. The predicted molar refractivity (Wildman–Crippen MR) is 60.3 cm³/mol. The van der Waals surface area contributed by atoms with Crippen LogP contribution in [0.3, 0.4) is 0 Å². The van der Waals surface area contributed by atoms with Crippen molar-refractivity contribution in [2.24, 2.45) is 10.7 Å². The van der Waals surface area contributed by atoms with Gasteiger partial charge in [-0.05, 0) is 6.08 Å². The minimum absolute atomic E-state index is 0. The smallest absolute Gasteiger partial charge is 0.232 e. The fraction of sp³-hybridized carbons (Fsp3) is 0.667. The Hall–Kier alpha value is -0.860. The van der Waals surface area contributed by atoms with Gasteiger partial charge in [0, 0.05) is 6.20 Å². The summed E-state index contributed by atoms with van der Waals surface area (Å²) in [6.07, 6.45) is 0.480. The zero-order valence-corrected chi connectivity index (χ0v) is 9.66. The van der Waals surface area contributed by atoms with Gasteiger partial charge in [-0.1, -0.05) is 0 Å². The third-order valence-electron chi connectivity index (χ3n) is 3.00. The second-order valence-electron chi connectivity index (χ2n) is 3.98. The number of rotatable bonds is 1. The maximum Gasteiger partial charge on any atom is 0.232 e. The van der Waals surface area contributed by atoms with Crippen LogP contribution in [0.4, 0.5) is 0 Å². The SMILES string of the molecule is Cl.NC1=NC2OC3[C@@H](O)[C@@H](CO)O[C@H]3N2C=C1. The number of aliphatic hydroxyl groups is 2. The maximum atomic E-state index is 9.83. The van der Waals surface area contributed by atoms with Crippen molar-refractivity contribution < 1.29 is 19.7 Å². The molecule has 3 rings (SSSR count). The van der Waals surface area contributed by atoms with Gasteiger partial charge < -0.3 is 30.3 Å². The fourth-order valence-corrected chi connectivity index (χ4v) is 2.18. The summed E-state index contributed by atoms with van der Waals surface area (Å²) in [5.41, 5.74) is 5.54. The molecule has 3 aliphatic rings. The van der Waals surface area contributed by atoms with Crippen molar-refractivity contribution in [2.75, 3.05) is 6.61 Å². The summed E-state index contributed by atoms with van der Waals surface area (Å²) in [6, 6.07) is 0. The molecule has 0 aromatic carbocycles. The number of nitrogens with two attached hydrogens (primary N) is 1. The summed E-state index contributed by atoms with van der Waals surface area (Å²) in [4.78, 5) is 5.81. The molecular weight excluding hydrogens is 250 g/mol. The highest BCUT2D eigenvalue weighted by atomic mass is 35.5. The lowest BCUT2D eigenvalue weighted by Crippen LogP contribution is -2.37. The Morgan fingerprint density at radius 1 is 1.47 bits per heavy atom. The molecule has 5 atom stereocenters. The van der Waals surface area contributed by atoms with E-state index in [9.17, 15) is 5.11 Å². The average molecular weight is 264 g/mol. The van der Waals surface area contributed by atoms with Gasteiger partial charge in [0.05, 0.1) is 6.61 Å². The van der Waals surface area contributed by atoms with Gasteiger partial charge in [0.1, 0.15) is 24.1 Å². The number of ether oxygens (including phenoxy) is 2. The first-order chi connectivity index (χ1) is 7.70. The van der Waals surface area contributed by atoms with E-state index in [1.54, 1.807) is 17.2 Å². The number of aliphatic hydroxyl groups excluding tert-OH is 2. The normalized spacial score (nSPS) is 42.8. The molecule has 2 unspecified atom stereocenters. The van der Waals surface area contributed by atoms with E-state index < -0.39 is 30.9 Å². The van der Waals surface area contributed by atoms with Crippen molar-refractivity contribution in [1.29, 1.82) is 0 Å². The van der Waals surface area contributed by atoms with Crippen LogP contribution in [0.15, 0.2) is 17.3 Å². The maximum absolute atomic E-state index is 9.83. The number of amidine groups is 1. The highest BCUT2D eigenvalue weighted by Gasteiger charge is 2.54. The van der Waals surface area contributed by atoms with Gasteiger partial charge in [-0.2, -0.15) is 0 Å². The van der Waals surface area contributed by atoms with Crippen molar-refractivity contribution >= 4 is 18.2 Å². The lowest BCUT2D eigenvalue weighted by Gasteiger charge is -2.26. The summed E-state index contributed by atoms with van der Waals surface area (Å²) >= 11 is 0. The fourth-order valence-electron chi connectivity index (χ4n) is 2.18. The van der Waals surface area contributed by atoms with E-state index in [0.29, 0.717) is 5.84 Å². The second kappa shape index (κ2) is 4.43. The van der Waals surface area contributed by atoms with Gasteiger partial charge in [0.15, 0.2) is 6.23 Å². The zero-order chi connectivity index (χ0) is 11.3. The van der Waals surface area contributed by atoms with E-state index in [-0.39, 0.29) is 19.0 Å².